The number of rotatable bonds is 8. The highest BCUT2D eigenvalue weighted by Gasteiger charge is 2.24. The molecule has 3 rings (SSSR count). The van der Waals surface area contributed by atoms with Crippen molar-refractivity contribution in [1.29, 1.82) is 0 Å². The van der Waals surface area contributed by atoms with E-state index in [0.29, 0.717) is 18.1 Å². The van der Waals surface area contributed by atoms with Gasteiger partial charge in [0.05, 0.1) is 13.7 Å². The van der Waals surface area contributed by atoms with Crippen LogP contribution in [0.4, 0.5) is 0 Å². The summed E-state index contributed by atoms with van der Waals surface area (Å²) < 4.78 is 16.5. The van der Waals surface area contributed by atoms with E-state index >= 15 is 0 Å². The van der Waals surface area contributed by atoms with Gasteiger partial charge in [0.2, 0.25) is 11.7 Å². The van der Waals surface area contributed by atoms with Gasteiger partial charge in [-0.05, 0) is 61.7 Å². The maximum Gasteiger partial charge on any atom is 0.263 e. The zero-order valence-electron chi connectivity index (χ0n) is 18.0. The van der Waals surface area contributed by atoms with E-state index in [1.165, 1.54) is 0 Å². The second kappa shape index (κ2) is 9.43. The predicted molar refractivity (Wildman–Crippen MR) is 113 cm³/mol. The fourth-order valence-corrected chi connectivity index (χ4v) is 3.00. The summed E-state index contributed by atoms with van der Waals surface area (Å²) in [5.74, 6) is 2.17. The topological polar surface area (TPSA) is 77.7 Å². The van der Waals surface area contributed by atoms with E-state index < -0.39 is 6.10 Å². The molecule has 1 aromatic heterocycles. The van der Waals surface area contributed by atoms with Crippen LogP contribution < -0.4 is 9.47 Å². The lowest BCUT2D eigenvalue weighted by atomic mass is 10.1. The highest BCUT2D eigenvalue weighted by atomic mass is 16.5. The molecule has 7 nitrogen and oxygen atoms in total. The third-order valence-corrected chi connectivity index (χ3v) is 4.82. The van der Waals surface area contributed by atoms with Gasteiger partial charge in [-0.25, -0.2) is 0 Å². The molecule has 0 spiro atoms. The van der Waals surface area contributed by atoms with Crippen molar-refractivity contribution in [3.8, 4) is 22.9 Å². The van der Waals surface area contributed by atoms with Gasteiger partial charge in [0.1, 0.15) is 11.5 Å². The maximum atomic E-state index is 12.9. The molecule has 2 aromatic carbocycles. The van der Waals surface area contributed by atoms with Gasteiger partial charge in [-0.1, -0.05) is 24.2 Å². The monoisotopic (exact) mass is 409 g/mol. The van der Waals surface area contributed by atoms with Crippen LogP contribution in [0, 0.1) is 13.8 Å². The van der Waals surface area contributed by atoms with Crippen molar-refractivity contribution in [2.24, 2.45) is 0 Å². The quantitative estimate of drug-likeness (QED) is 0.555. The van der Waals surface area contributed by atoms with Gasteiger partial charge in [0, 0.05) is 12.6 Å². The van der Waals surface area contributed by atoms with E-state index in [0.717, 1.165) is 28.2 Å². The molecule has 3 aromatic rings. The lowest BCUT2D eigenvalue weighted by Gasteiger charge is -2.23. The molecule has 0 aliphatic carbocycles. The molecule has 1 atom stereocenters. The molecule has 0 N–H and O–H groups in total. The molecule has 0 aliphatic rings. The number of aromatic nitrogens is 2. The first kappa shape index (κ1) is 21.4. The number of likely N-dealkylation sites (N-methyl/N-ethyl adjacent to an activating group) is 1. The first-order valence-corrected chi connectivity index (χ1v) is 9.87. The highest BCUT2D eigenvalue weighted by Crippen LogP contribution is 2.23. The van der Waals surface area contributed by atoms with E-state index in [9.17, 15) is 4.79 Å². The number of hydrogen-bond donors (Lipinski definition) is 0. The summed E-state index contributed by atoms with van der Waals surface area (Å²) in [6.45, 7) is 6.09. The third kappa shape index (κ3) is 4.97. The Morgan fingerprint density at radius 3 is 2.57 bits per heavy atom. The molecule has 1 unspecified atom stereocenters. The van der Waals surface area contributed by atoms with Crippen LogP contribution in [0.5, 0.6) is 11.5 Å². The molecule has 1 amide bonds. The first-order chi connectivity index (χ1) is 14.4. The molecule has 7 heteroatoms. The highest BCUT2D eigenvalue weighted by molar-refractivity contribution is 5.81. The van der Waals surface area contributed by atoms with Gasteiger partial charge in [-0.15, -0.1) is 0 Å². The summed E-state index contributed by atoms with van der Waals surface area (Å²) in [4.78, 5) is 18.9. The predicted octanol–water partition coefficient (Wildman–Crippen LogP) is 4.18. The minimum atomic E-state index is -0.584. The fourth-order valence-electron chi connectivity index (χ4n) is 3.00. The van der Waals surface area contributed by atoms with Crippen molar-refractivity contribution in [1.82, 2.24) is 15.0 Å². The van der Waals surface area contributed by atoms with Gasteiger partial charge in [-0.3, -0.25) is 4.79 Å². The van der Waals surface area contributed by atoms with Crippen molar-refractivity contribution < 1.29 is 18.8 Å². The number of amides is 1. The zero-order chi connectivity index (χ0) is 21.7. The molecular formula is C23H27N3O4. The van der Waals surface area contributed by atoms with Crippen molar-refractivity contribution in [3.05, 3.63) is 59.5 Å². The molecule has 0 fully saturated rings. The Balaban J connectivity index is 1.66. The lowest BCUT2D eigenvalue weighted by molar-refractivity contribution is -0.138. The average Bonchev–Trinajstić information content (AvgIpc) is 3.22. The van der Waals surface area contributed by atoms with Gasteiger partial charge in [-0.2, -0.15) is 4.98 Å². The fraction of sp³-hybridized carbons (Fsp3) is 0.348. The van der Waals surface area contributed by atoms with Crippen LogP contribution in [0.3, 0.4) is 0 Å². The Morgan fingerprint density at radius 1 is 1.17 bits per heavy atom. The SMILES string of the molecule is CCC(Oc1cc(C)ccc1C)C(=O)N(C)Cc1nc(-c2ccc(OC)cc2)no1. The Kier molecular flexibility index (Phi) is 6.72. The van der Waals surface area contributed by atoms with E-state index in [1.54, 1.807) is 19.1 Å². The summed E-state index contributed by atoms with van der Waals surface area (Å²) in [6, 6.07) is 13.3. The van der Waals surface area contributed by atoms with E-state index in [1.807, 2.05) is 63.2 Å². The molecular weight excluding hydrogens is 382 g/mol. The van der Waals surface area contributed by atoms with Gasteiger partial charge < -0.3 is 18.9 Å². The summed E-state index contributed by atoms with van der Waals surface area (Å²) in [7, 11) is 3.32. The van der Waals surface area contributed by atoms with Crippen LogP contribution in [-0.4, -0.2) is 41.2 Å². The molecule has 1 heterocycles. The zero-order valence-corrected chi connectivity index (χ0v) is 18.0. The van der Waals surface area contributed by atoms with Gasteiger partial charge in [0.25, 0.3) is 5.91 Å². The van der Waals surface area contributed by atoms with Gasteiger partial charge >= 0.3 is 0 Å². The average molecular weight is 409 g/mol. The van der Waals surface area contributed by atoms with Crippen LogP contribution >= 0.6 is 0 Å². The van der Waals surface area contributed by atoms with E-state index in [-0.39, 0.29) is 12.5 Å². The number of hydrogen-bond acceptors (Lipinski definition) is 6. The molecule has 0 saturated heterocycles. The largest absolute Gasteiger partial charge is 0.497 e. The first-order valence-electron chi connectivity index (χ1n) is 9.87. The van der Waals surface area contributed by atoms with Crippen molar-refractivity contribution >= 4 is 5.91 Å². The van der Waals surface area contributed by atoms with E-state index in [4.69, 9.17) is 14.0 Å². The molecule has 0 bridgehead atoms. The number of nitrogens with zero attached hydrogens (tertiary/aromatic N) is 3. The van der Waals surface area contributed by atoms with Crippen LogP contribution in [0.15, 0.2) is 47.0 Å². The van der Waals surface area contributed by atoms with E-state index in [2.05, 4.69) is 10.1 Å². The second-order valence-electron chi connectivity index (χ2n) is 7.22. The summed E-state index contributed by atoms with van der Waals surface area (Å²) in [5.41, 5.74) is 2.89. The number of benzene rings is 2. The van der Waals surface area contributed by atoms with Crippen LogP contribution in [0.2, 0.25) is 0 Å². The smallest absolute Gasteiger partial charge is 0.263 e. The summed E-state index contributed by atoms with van der Waals surface area (Å²) in [6.07, 6.45) is -0.0308. The maximum absolute atomic E-state index is 12.9. The Bertz CT molecular complexity index is 998. The normalized spacial score (nSPS) is 11.8. The number of aryl methyl sites for hydroxylation is 2. The van der Waals surface area contributed by atoms with Crippen LogP contribution in [-0.2, 0) is 11.3 Å². The second-order valence-corrected chi connectivity index (χ2v) is 7.22. The third-order valence-electron chi connectivity index (χ3n) is 4.82. The minimum absolute atomic E-state index is 0.136. The molecule has 158 valence electrons. The Morgan fingerprint density at radius 2 is 1.90 bits per heavy atom. The molecule has 0 aliphatic heterocycles. The van der Waals surface area contributed by atoms with Crippen molar-refractivity contribution in [3.63, 3.8) is 0 Å². The molecule has 30 heavy (non-hydrogen) atoms. The standard InChI is InChI=1S/C23H27N3O4/c1-6-19(29-20-13-15(2)7-8-16(20)3)23(27)26(4)14-21-24-22(25-30-21)17-9-11-18(28-5)12-10-17/h7-13,19H,6,14H2,1-5H3. The molecule has 0 radical (unpaired) electrons. The number of carbonyl (C=O) groups excluding carboxylic acids is 1. The van der Waals surface area contributed by atoms with Crippen LogP contribution in [0.25, 0.3) is 11.4 Å². The Hall–Kier alpha value is -3.35. The number of methoxy groups -OCH3 is 1. The summed E-state index contributed by atoms with van der Waals surface area (Å²) in [5, 5.41) is 4.01. The Labute approximate surface area is 176 Å². The number of carbonyl (C=O) groups is 1. The van der Waals surface area contributed by atoms with Gasteiger partial charge in [0.15, 0.2) is 6.10 Å². The van der Waals surface area contributed by atoms with Crippen molar-refractivity contribution in [2.45, 2.75) is 39.8 Å². The number of ether oxygens (including phenoxy) is 2. The van der Waals surface area contributed by atoms with Crippen LogP contribution in [0.1, 0.15) is 30.4 Å². The van der Waals surface area contributed by atoms with Crippen molar-refractivity contribution in [2.75, 3.05) is 14.2 Å². The lowest BCUT2D eigenvalue weighted by Crippen LogP contribution is -2.39. The minimum Gasteiger partial charge on any atom is -0.497 e. The molecule has 0 saturated carbocycles. The summed E-state index contributed by atoms with van der Waals surface area (Å²) >= 11 is 0.